The molecule has 3 heteroatoms. The fourth-order valence-corrected chi connectivity index (χ4v) is 2.12. The van der Waals surface area contributed by atoms with Crippen LogP contribution in [-0.4, -0.2) is 5.91 Å². The van der Waals surface area contributed by atoms with E-state index in [0.29, 0.717) is 0 Å². The number of carbonyl (C=O) groups excluding carboxylic acids is 1. The van der Waals surface area contributed by atoms with Gasteiger partial charge in [-0.1, -0.05) is 12.1 Å². The Bertz CT molecular complexity index is 368. The molecule has 15 heavy (non-hydrogen) atoms. The number of nitrogens with one attached hydrogen (secondary N) is 1. The minimum Gasteiger partial charge on any atom is -0.347 e. The summed E-state index contributed by atoms with van der Waals surface area (Å²) in [6, 6.07) is 6.39. The SMILES string of the molecule is CC(=O)NC1(c2ccc(F)cc2)CCC1. The first kappa shape index (κ1) is 10.1. The van der Waals surface area contributed by atoms with Gasteiger partial charge in [0.05, 0.1) is 5.54 Å². The van der Waals surface area contributed by atoms with Crippen LogP contribution in [0.5, 0.6) is 0 Å². The van der Waals surface area contributed by atoms with Crippen LogP contribution in [0.4, 0.5) is 4.39 Å². The normalized spacial score (nSPS) is 18.0. The van der Waals surface area contributed by atoms with E-state index in [1.54, 1.807) is 12.1 Å². The largest absolute Gasteiger partial charge is 0.347 e. The van der Waals surface area contributed by atoms with E-state index in [4.69, 9.17) is 0 Å². The Kier molecular flexibility index (Phi) is 2.47. The molecule has 1 aromatic rings. The highest BCUT2D eigenvalue weighted by Gasteiger charge is 2.39. The minimum atomic E-state index is -0.240. The zero-order chi connectivity index (χ0) is 10.9. The van der Waals surface area contributed by atoms with Crippen molar-refractivity contribution in [2.24, 2.45) is 0 Å². The molecule has 0 heterocycles. The van der Waals surface area contributed by atoms with Crippen molar-refractivity contribution in [2.75, 3.05) is 0 Å². The van der Waals surface area contributed by atoms with Gasteiger partial charge in [-0.3, -0.25) is 4.79 Å². The maximum Gasteiger partial charge on any atom is 0.217 e. The van der Waals surface area contributed by atoms with Gasteiger partial charge in [0.1, 0.15) is 5.82 Å². The van der Waals surface area contributed by atoms with Crippen molar-refractivity contribution in [1.29, 1.82) is 0 Å². The predicted octanol–water partition coefficient (Wildman–Crippen LogP) is 2.34. The Morgan fingerprint density at radius 2 is 1.93 bits per heavy atom. The number of hydrogen-bond acceptors (Lipinski definition) is 1. The molecule has 0 aromatic heterocycles. The summed E-state index contributed by atoms with van der Waals surface area (Å²) in [5.41, 5.74) is 0.768. The van der Waals surface area contributed by atoms with Crippen molar-refractivity contribution in [2.45, 2.75) is 31.7 Å². The van der Waals surface area contributed by atoms with Crippen molar-refractivity contribution in [3.63, 3.8) is 0 Å². The molecule has 80 valence electrons. The maximum atomic E-state index is 12.8. The highest BCUT2D eigenvalue weighted by Crippen LogP contribution is 2.41. The van der Waals surface area contributed by atoms with Crippen LogP contribution >= 0.6 is 0 Å². The van der Waals surface area contributed by atoms with Gasteiger partial charge in [-0.05, 0) is 37.0 Å². The van der Waals surface area contributed by atoms with Gasteiger partial charge in [-0.15, -0.1) is 0 Å². The Morgan fingerprint density at radius 1 is 1.33 bits per heavy atom. The first-order valence-electron chi connectivity index (χ1n) is 5.17. The summed E-state index contributed by atoms with van der Waals surface area (Å²) >= 11 is 0. The molecular formula is C12H14FNO. The first-order chi connectivity index (χ1) is 7.12. The monoisotopic (exact) mass is 207 g/mol. The molecule has 0 spiro atoms. The molecule has 2 nitrogen and oxygen atoms in total. The lowest BCUT2D eigenvalue weighted by Gasteiger charge is -2.42. The van der Waals surface area contributed by atoms with Gasteiger partial charge < -0.3 is 5.32 Å². The number of halogens is 1. The van der Waals surface area contributed by atoms with Gasteiger partial charge in [0.2, 0.25) is 5.91 Å². The molecule has 1 fully saturated rings. The van der Waals surface area contributed by atoms with E-state index < -0.39 is 0 Å². The summed E-state index contributed by atoms with van der Waals surface area (Å²) in [5.74, 6) is -0.268. The van der Waals surface area contributed by atoms with Gasteiger partial charge in [-0.2, -0.15) is 0 Å². The van der Waals surface area contributed by atoms with Crippen LogP contribution in [0.1, 0.15) is 31.7 Å². The molecule has 1 saturated carbocycles. The fourth-order valence-electron chi connectivity index (χ4n) is 2.12. The molecule has 2 rings (SSSR count). The van der Waals surface area contributed by atoms with Crippen LogP contribution < -0.4 is 5.32 Å². The van der Waals surface area contributed by atoms with Crippen LogP contribution in [0.15, 0.2) is 24.3 Å². The van der Waals surface area contributed by atoms with Gasteiger partial charge in [0.25, 0.3) is 0 Å². The number of hydrogen-bond donors (Lipinski definition) is 1. The molecule has 1 aliphatic carbocycles. The standard InChI is InChI=1S/C12H14FNO/c1-9(15)14-12(7-2-8-12)10-3-5-11(13)6-4-10/h3-6H,2,7-8H2,1H3,(H,14,15). The summed E-state index contributed by atoms with van der Waals surface area (Å²) in [7, 11) is 0. The molecule has 0 radical (unpaired) electrons. The number of carbonyl (C=O) groups is 1. The lowest BCUT2D eigenvalue weighted by molar-refractivity contribution is -0.122. The van der Waals surface area contributed by atoms with Crippen LogP contribution in [0, 0.1) is 5.82 Å². The molecule has 1 aliphatic rings. The molecule has 1 aromatic carbocycles. The fraction of sp³-hybridized carbons (Fsp3) is 0.417. The van der Waals surface area contributed by atoms with Crippen LogP contribution in [0.25, 0.3) is 0 Å². The highest BCUT2D eigenvalue weighted by atomic mass is 19.1. The zero-order valence-corrected chi connectivity index (χ0v) is 8.72. The van der Waals surface area contributed by atoms with Gasteiger partial charge in [0.15, 0.2) is 0 Å². The molecule has 0 aliphatic heterocycles. The van der Waals surface area contributed by atoms with Crippen LogP contribution in [0.2, 0.25) is 0 Å². The second-order valence-electron chi connectivity index (χ2n) is 4.12. The Morgan fingerprint density at radius 3 is 2.33 bits per heavy atom. The van der Waals surface area contributed by atoms with E-state index in [9.17, 15) is 9.18 Å². The third-order valence-corrected chi connectivity index (χ3v) is 3.02. The quantitative estimate of drug-likeness (QED) is 0.792. The molecule has 0 unspecified atom stereocenters. The second kappa shape index (κ2) is 3.65. The summed E-state index contributed by atoms with van der Waals surface area (Å²) < 4.78 is 12.8. The lowest BCUT2D eigenvalue weighted by Crippen LogP contribution is -2.50. The summed E-state index contributed by atoms with van der Waals surface area (Å²) in [5, 5.41) is 2.97. The zero-order valence-electron chi connectivity index (χ0n) is 8.72. The smallest absolute Gasteiger partial charge is 0.217 e. The van der Waals surface area contributed by atoms with Crippen molar-refractivity contribution >= 4 is 5.91 Å². The van der Waals surface area contributed by atoms with E-state index >= 15 is 0 Å². The van der Waals surface area contributed by atoms with Crippen molar-refractivity contribution < 1.29 is 9.18 Å². The number of benzene rings is 1. The van der Waals surface area contributed by atoms with E-state index in [1.165, 1.54) is 19.1 Å². The summed E-state index contributed by atoms with van der Waals surface area (Å²) in [4.78, 5) is 11.1. The average Bonchev–Trinajstić information content (AvgIpc) is 2.13. The second-order valence-corrected chi connectivity index (χ2v) is 4.12. The average molecular weight is 207 g/mol. The molecule has 1 N–H and O–H groups in total. The first-order valence-corrected chi connectivity index (χ1v) is 5.17. The summed E-state index contributed by atoms with van der Waals surface area (Å²) in [6.07, 6.45) is 2.99. The van der Waals surface area contributed by atoms with Crippen LogP contribution in [-0.2, 0) is 10.3 Å². The minimum absolute atomic E-state index is 0.0287. The van der Waals surface area contributed by atoms with Gasteiger partial charge >= 0.3 is 0 Å². The Labute approximate surface area is 88.5 Å². The molecular weight excluding hydrogens is 193 g/mol. The predicted molar refractivity (Wildman–Crippen MR) is 55.7 cm³/mol. The van der Waals surface area contributed by atoms with Crippen LogP contribution in [0.3, 0.4) is 0 Å². The third-order valence-electron chi connectivity index (χ3n) is 3.02. The van der Waals surface area contributed by atoms with E-state index in [-0.39, 0.29) is 17.3 Å². The molecule has 0 bridgehead atoms. The summed E-state index contributed by atoms with van der Waals surface area (Å²) in [6.45, 7) is 1.52. The van der Waals surface area contributed by atoms with Crippen molar-refractivity contribution in [1.82, 2.24) is 5.32 Å². The number of amides is 1. The van der Waals surface area contributed by atoms with Gasteiger partial charge in [0, 0.05) is 6.92 Å². The van der Waals surface area contributed by atoms with E-state index in [0.717, 1.165) is 24.8 Å². The Hall–Kier alpha value is -1.38. The molecule has 1 amide bonds. The topological polar surface area (TPSA) is 29.1 Å². The number of rotatable bonds is 2. The van der Waals surface area contributed by atoms with Crippen molar-refractivity contribution in [3.05, 3.63) is 35.6 Å². The Balaban J connectivity index is 2.26. The van der Waals surface area contributed by atoms with E-state index in [1.807, 2.05) is 0 Å². The molecule has 0 saturated heterocycles. The maximum absolute atomic E-state index is 12.8. The van der Waals surface area contributed by atoms with Gasteiger partial charge in [-0.25, -0.2) is 4.39 Å². The third kappa shape index (κ3) is 1.87. The van der Waals surface area contributed by atoms with Crippen molar-refractivity contribution in [3.8, 4) is 0 Å². The highest BCUT2D eigenvalue weighted by molar-refractivity contribution is 5.74. The molecule has 0 atom stereocenters. The lowest BCUT2D eigenvalue weighted by atomic mass is 9.72. The van der Waals surface area contributed by atoms with E-state index in [2.05, 4.69) is 5.32 Å².